The molecule has 1 rings (SSSR count). The third-order valence-corrected chi connectivity index (χ3v) is 4.22. The number of hydrogen-bond donors (Lipinski definition) is 0. The SMILES string of the molecule is CCCCC1CC(C)C(CC)C1C. The Morgan fingerprint density at radius 3 is 2.31 bits per heavy atom. The molecule has 1 aliphatic rings. The molecule has 0 N–H and O–H groups in total. The van der Waals surface area contributed by atoms with Crippen molar-refractivity contribution >= 4 is 0 Å². The van der Waals surface area contributed by atoms with E-state index in [-0.39, 0.29) is 0 Å². The Morgan fingerprint density at radius 2 is 1.85 bits per heavy atom. The maximum absolute atomic E-state index is 2.48. The van der Waals surface area contributed by atoms with Crippen LogP contribution in [0.1, 0.15) is 59.8 Å². The number of hydrogen-bond acceptors (Lipinski definition) is 0. The van der Waals surface area contributed by atoms with E-state index in [4.69, 9.17) is 0 Å². The molecular formula is C13H26. The molecule has 0 heteroatoms. The Kier molecular flexibility index (Phi) is 4.28. The lowest BCUT2D eigenvalue weighted by Gasteiger charge is -2.20. The maximum atomic E-state index is 2.48. The van der Waals surface area contributed by atoms with E-state index < -0.39 is 0 Å². The first-order chi connectivity index (χ1) is 6.20. The van der Waals surface area contributed by atoms with Crippen LogP contribution in [0, 0.1) is 23.7 Å². The van der Waals surface area contributed by atoms with Gasteiger partial charge in [-0.25, -0.2) is 0 Å². The second-order valence-electron chi connectivity index (χ2n) is 5.05. The topological polar surface area (TPSA) is 0 Å². The molecule has 1 aliphatic carbocycles. The fraction of sp³-hybridized carbons (Fsp3) is 1.00. The normalized spacial score (nSPS) is 39.7. The van der Waals surface area contributed by atoms with E-state index >= 15 is 0 Å². The molecule has 13 heavy (non-hydrogen) atoms. The highest BCUT2D eigenvalue weighted by Gasteiger charge is 2.36. The smallest absolute Gasteiger partial charge is 0.0363 e. The molecule has 0 heterocycles. The highest BCUT2D eigenvalue weighted by atomic mass is 14.4. The molecule has 0 aromatic carbocycles. The Balaban J connectivity index is 2.41. The van der Waals surface area contributed by atoms with Crippen molar-refractivity contribution in [1.82, 2.24) is 0 Å². The van der Waals surface area contributed by atoms with E-state index in [1.54, 1.807) is 0 Å². The van der Waals surface area contributed by atoms with Gasteiger partial charge in [0.2, 0.25) is 0 Å². The third kappa shape index (κ3) is 2.48. The van der Waals surface area contributed by atoms with Crippen molar-refractivity contribution in [3.05, 3.63) is 0 Å². The summed E-state index contributed by atoms with van der Waals surface area (Å²) in [5, 5.41) is 0. The average molecular weight is 182 g/mol. The van der Waals surface area contributed by atoms with Crippen LogP contribution in [0.5, 0.6) is 0 Å². The van der Waals surface area contributed by atoms with Crippen molar-refractivity contribution in [1.29, 1.82) is 0 Å². The standard InChI is InChI=1S/C13H26/c1-5-7-8-12-9-10(3)13(6-2)11(12)4/h10-13H,5-9H2,1-4H3. The fourth-order valence-corrected chi connectivity index (χ4v) is 3.36. The predicted octanol–water partition coefficient (Wildman–Crippen LogP) is 4.49. The molecule has 0 amide bonds. The monoisotopic (exact) mass is 182 g/mol. The second-order valence-corrected chi connectivity index (χ2v) is 5.05. The van der Waals surface area contributed by atoms with Gasteiger partial charge in [0.1, 0.15) is 0 Å². The maximum Gasteiger partial charge on any atom is -0.0363 e. The van der Waals surface area contributed by atoms with Crippen LogP contribution in [-0.4, -0.2) is 0 Å². The van der Waals surface area contributed by atoms with Gasteiger partial charge < -0.3 is 0 Å². The zero-order valence-corrected chi connectivity index (χ0v) is 9.84. The van der Waals surface area contributed by atoms with Crippen LogP contribution in [0.25, 0.3) is 0 Å². The minimum absolute atomic E-state index is 0.988. The summed E-state index contributed by atoms with van der Waals surface area (Å²) in [4.78, 5) is 0. The molecule has 0 bridgehead atoms. The van der Waals surface area contributed by atoms with Crippen molar-refractivity contribution in [3.63, 3.8) is 0 Å². The summed E-state index contributed by atoms with van der Waals surface area (Å²) in [5.41, 5.74) is 0. The van der Waals surface area contributed by atoms with Gasteiger partial charge in [0.15, 0.2) is 0 Å². The summed E-state index contributed by atoms with van der Waals surface area (Å²) < 4.78 is 0. The minimum Gasteiger partial charge on any atom is -0.0654 e. The summed E-state index contributed by atoms with van der Waals surface area (Å²) in [6, 6.07) is 0. The zero-order chi connectivity index (χ0) is 9.84. The molecule has 4 atom stereocenters. The number of rotatable bonds is 4. The summed E-state index contributed by atoms with van der Waals surface area (Å²) in [6.45, 7) is 9.61. The van der Waals surface area contributed by atoms with E-state index in [9.17, 15) is 0 Å². The van der Waals surface area contributed by atoms with Gasteiger partial charge in [0.25, 0.3) is 0 Å². The summed E-state index contributed by atoms with van der Waals surface area (Å²) >= 11 is 0. The second kappa shape index (κ2) is 5.02. The predicted molar refractivity (Wildman–Crippen MR) is 59.7 cm³/mol. The first-order valence-corrected chi connectivity index (χ1v) is 6.20. The molecule has 1 saturated carbocycles. The Bertz CT molecular complexity index is 139. The van der Waals surface area contributed by atoms with Crippen LogP contribution in [0.15, 0.2) is 0 Å². The van der Waals surface area contributed by atoms with Gasteiger partial charge in [0.05, 0.1) is 0 Å². The van der Waals surface area contributed by atoms with E-state index in [1.807, 2.05) is 0 Å². The van der Waals surface area contributed by atoms with Crippen molar-refractivity contribution in [2.24, 2.45) is 23.7 Å². The van der Waals surface area contributed by atoms with Crippen molar-refractivity contribution < 1.29 is 0 Å². The van der Waals surface area contributed by atoms with Crippen LogP contribution >= 0.6 is 0 Å². The average Bonchev–Trinajstić information content (AvgIpc) is 2.38. The van der Waals surface area contributed by atoms with E-state index in [1.165, 1.54) is 32.1 Å². The van der Waals surface area contributed by atoms with Gasteiger partial charge >= 0.3 is 0 Å². The highest BCUT2D eigenvalue weighted by Crippen LogP contribution is 2.44. The summed E-state index contributed by atoms with van der Waals surface area (Å²) in [7, 11) is 0. The van der Waals surface area contributed by atoms with Crippen LogP contribution < -0.4 is 0 Å². The van der Waals surface area contributed by atoms with Crippen LogP contribution in [0.2, 0.25) is 0 Å². The lowest BCUT2D eigenvalue weighted by molar-refractivity contribution is 0.294. The van der Waals surface area contributed by atoms with Gasteiger partial charge in [0, 0.05) is 0 Å². The van der Waals surface area contributed by atoms with Crippen LogP contribution in [0.4, 0.5) is 0 Å². The third-order valence-electron chi connectivity index (χ3n) is 4.22. The van der Waals surface area contributed by atoms with Gasteiger partial charge in [-0.05, 0) is 30.1 Å². The molecule has 0 radical (unpaired) electrons. The van der Waals surface area contributed by atoms with Gasteiger partial charge in [-0.2, -0.15) is 0 Å². The van der Waals surface area contributed by atoms with E-state index in [0.29, 0.717) is 0 Å². The Morgan fingerprint density at radius 1 is 1.15 bits per heavy atom. The van der Waals surface area contributed by atoms with Gasteiger partial charge in [-0.1, -0.05) is 53.4 Å². The van der Waals surface area contributed by atoms with Crippen LogP contribution in [-0.2, 0) is 0 Å². The minimum atomic E-state index is 0.988. The van der Waals surface area contributed by atoms with E-state index in [0.717, 1.165) is 23.7 Å². The zero-order valence-electron chi connectivity index (χ0n) is 9.84. The molecular weight excluding hydrogens is 156 g/mol. The first-order valence-electron chi connectivity index (χ1n) is 6.20. The molecule has 78 valence electrons. The van der Waals surface area contributed by atoms with Gasteiger partial charge in [-0.15, -0.1) is 0 Å². The summed E-state index contributed by atoms with van der Waals surface area (Å²) in [5.74, 6) is 4.04. The first kappa shape index (κ1) is 11.1. The largest absolute Gasteiger partial charge is 0.0654 e. The lowest BCUT2D eigenvalue weighted by atomic mass is 9.85. The molecule has 0 spiro atoms. The molecule has 4 unspecified atom stereocenters. The molecule has 0 nitrogen and oxygen atoms in total. The Hall–Kier alpha value is 0. The molecule has 1 fully saturated rings. The fourth-order valence-electron chi connectivity index (χ4n) is 3.36. The Labute approximate surface area is 84.1 Å². The van der Waals surface area contributed by atoms with E-state index in [2.05, 4.69) is 27.7 Å². The highest BCUT2D eigenvalue weighted by molar-refractivity contribution is 4.85. The van der Waals surface area contributed by atoms with Crippen molar-refractivity contribution in [3.8, 4) is 0 Å². The molecule has 0 aromatic heterocycles. The number of unbranched alkanes of at least 4 members (excludes halogenated alkanes) is 1. The van der Waals surface area contributed by atoms with Crippen molar-refractivity contribution in [2.75, 3.05) is 0 Å². The molecule has 0 aromatic rings. The molecule has 0 saturated heterocycles. The van der Waals surface area contributed by atoms with Crippen molar-refractivity contribution in [2.45, 2.75) is 59.8 Å². The van der Waals surface area contributed by atoms with Crippen LogP contribution in [0.3, 0.4) is 0 Å². The quantitative estimate of drug-likeness (QED) is 0.600. The van der Waals surface area contributed by atoms with Gasteiger partial charge in [-0.3, -0.25) is 0 Å². The molecule has 0 aliphatic heterocycles. The summed E-state index contributed by atoms with van der Waals surface area (Å²) in [6.07, 6.45) is 7.19. The lowest BCUT2D eigenvalue weighted by Crippen LogP contribution is -2.12.